The molecular formula is C17H30O14. The monoisotopic (exact) mass is 458 g/mol. The molecule has 0 spiro atoms. The molecule has 0 amide bonds. The molecule has 14 nitrogen and oxygen atoms in total. The molecule has 0 unspecified atom stereocenters. The Bertz CT molecular complexity index is 579. The zero-order chi connectivity index (χ0) is 23.0. The van der Waals surface area contributed by atoms with Crippen LogP contribution in [0, 0.1) is 0 Å². The average molecular weight is 458 g/mol. The lowest BCUT2D eigenvalue weighted by Crippen LogP contribution is -2.65. The molecule has 0 aromatic heterocycles. The van der Waals surface area contributed by atoms with E-state index >= 15 is 0 Å². The summed E-state index contributed by atoms with van der Waals surface area (Å²) in [5.74, 6) is 0. The predicted octanol–water partition coefficient (Wildman–Crippen LogP) is -5.91. The van der Waals surface area contributed by atoms with Gasteiger partial charge in [-0.2, -0.15) is 0 Å². The van der Waals surface area contributed by atoms with E-state index in [0.717, 1.165) is 0 Å². The first-order valence-electron chi connectivity index (χ1n) is 9.85. The minimum Gasteiger partial charge on any atom is -0.394 e. The summed E-state index contributed by atoms with van der Waals surface area (Å²) in [7, 11) is 0. The number of ether oxygens (including phenoxy) is 5. The summed E-state index contributed by atoms with van der Waals surface area (Å²) in [4.78, 5) is 0. The quantitative estimate of drug-likeness (QED) is 0.187. The van der Waals surface area contributed by atoms with Crippen molar-refractivity contribution < 1.29 is 69.6 Å². The molecule has 0 aliphatic carbocycles. The summed E-state index contributed by atoms with van der Waals surface area (Å²) in [6, 6.07) is 0. The largest absolute Gasteiger partial charge is 0.394 e. The summed E-state index contributed by atoms with van der Waals surface area (Å²) in [5.41, 5.74) is 0. The van der Waals surface area contributed by atoms with Crippen molar-refractivity contribution in [2.24, 2.45) is 0 Å². The van der Waals surface area contributed by atoms with Gasteiger partial charge in [0.05, 0.1) is 19.3 Å². The van der Waals surface area contributed by atoms with Gasteiger partial charge in [-0.1, -0.05) is 0 Å². The van der Waals surface area contributed by atoms with Crippen LogP contribution in [-0.2, 0) is 23.7 Å². The lowest BCUT2D eigenvalue weighted by atomic mass is 9.97. The van der Waals surface area contributed by atoms with Crippen LogP contribution >= 0.6 is 0 Å². The van der Waals surface area contributed by atoms with Crippen LogP contribution in [0.2, 0.25) is 0 Å². The molecular weight excluding hydrogens is 428 g/mol. The average Bonchev–Trinajstić information content (AvgIpc) is 2.74. The van der Waals surface area contributed by atoms with Gasteiger partial charge >= 0.3 is 0 Å². The molecule has 31 heavy (non-hydrogen) atoms. The van der Waals surface area contributed by atoms with Crippen molar-refractivity contribution in [2.75, 3.05) is 13.2 Å². The van der Waals surface area contributed by atoms with Gasteiger partial charge in [-0.05, 0) is 6.92 Å². The molecule has 0 bridgehead atoms. The molecule has 0 saturated carbocycles. The first-order valence-corrected chi connectivity index (χ1v) is 9.85. The molecule has 3 aliphatic heterocycles. The van der Waals surface area contributed by atoms with E-state index in [0.29, 0.717) is 0 Å². The highest BCUT2D eigenvalue weighted by atomic mass is 16.7. The van der Waals surface area contributed by atoms with E-state index < -0.39 is 92.6 Å². The Morgan fingerprint density at radius 2 is 1.32 bits per heavy atom. The summed E-state index contributed by atoms with van der Waals surface area (Å²) >= 11 is 0. The second kappa shape index (κ2) is 10.1. The number of hydrogen-bond donors (Lipinski definition) is 9. The second-order valence-corrected chi connectivity index (χ2v) is 7.87. The van der Waals surface area contributed by atoms with E-state index in [2.05, 4.69) is 0 Å². The van der Waals surface area contributed by atoms with Crippen molar-refractivity contribution in [3.05, 3.63) is 0 Å². The van der Waals surface area contributed by atoms with Crippen molar-refractivity contribution in [1.29, 1.82) is 0 Å². The van der Waals surface area contributed by atoms with Gasteiger partial charge in [0, 0.05) is 0 Å². The fourth-order valence-electron chi connectivity index (χ4n) is 3.69. The molecule has 14 atom stereocenters. The van der Waals surface area contributed by atoms with E-state index in [-0.39, 0.29) is 6.61 Å². The number of aliphatic hydroxyl groups is 9. The Labute approximate surface area is 176 Å². The standard InChI is InChI=1S/C17H30O14/c1-4-7(20)13(30-16-11(24)10(23)9(22)6(2-18)29-16)12(25)17(28-4)31-14-8(21)5(19)3-27-15(14)26/h4-26H,2-3H2,1H3/t4-,5-,6+,7-,8-,9+,10-,11+,12+,13+,14+,15+,16-,17-/m0/s1. The van der Waals surface area contributed by atoms with Gasteiger partial charge in [0.2, 0.25) is 0 Å². The summed E-state index contributed by atoms with van der Waals surface area (Å²) in [5, 5.41) is 89.9. The van der Waals surface area contributed by atoms with Crippen molar-refractivity contribution in [3.63, 3.8) is 0 Å². The van der Waals surface area contributed by atoms with Crippen molar-refractivity contribution in [1.82, 2.24) is 0 Å². The maximum absolute atomic E-state index is 10.6. The third-order valence-corrected chi connectivity index (χ3v) is 5.66. The Morgan fingerprint density at radius 1 is 0.710 bits per heavy atom. The van der Waals surface area contributed by atoms with Crippen LogP contribution in [0.25, 0.3) is 0 Å². The van der Waals surface area contributed by atoms with Gasteiger partial charge in [0.25, 0.3) is 0 Å². The topological polar surface area (TPSA) is 228 Å². The SMILES string of the molecule is C[C@@H]1O[C@@H](O[C@@H]2[C@@H](O)[C@@H](O)CO[C@H]2O)[C@H](O)[C@H](O[C@@H]2O[C@H](CO)[C@@H](O)[C@H](O)[C@H]2O)[C@H]1O. The predicted molar refractivity (Wildman–Crippen MR) is 93.8 cm³/mol. The highest BCUT2D eigenvalue weighted by Gasteiger charge is 2.51. The van der Waals surface area contributed by atoms with Gasteiger partial charge in [0.15, 0.2) is 18.9 Å². The molecule has 3 heterocycles. The van der Waals surface area contributed by atoms with Crippen LogP contribution in [0.15, 0.2) is 0 Å². The molecule has 0 radical (unpaired) electrons. The maximum atomic E-state index is 10.6. The minimum absolute atomic E-state index is 0.339. The van der Waals surface area contributed by atoms with Crippen LogP contribution in [0.3, 0.4) is 0 Å². The lowest BCUT2D eigenvalue weighted by Gasteiger charge is -2.47. The molecule has 9 N–H and O–H groups in total. The van der Waals surface area contributed by atoms with E-state index in [1.807, 2.05) is 0 Å². The fourth-order valence-corrected chi connectivity index (χ4v) is 3.69. The van der Waals surface area contributed by atoms with Crippen LogP contribution in [0.5, 0.6) is 0 Å². The van der Waals surface area contributed by atoms with Crippen molar-refractivity contribution in [2.45, 2.75) is 92.9 Å². The van der Waals surface area contributed by atoms with E-state index in [9.17, 15) is 46.0 Å². The van der Waals surface area contributed by atoms with Gasteiger partial charge in [0.1, 0.15) is 61.0 Å². The molecule has 182 valence electrons. The zero-order valence-corrected chi connectivity index (χ0v) is 16.6. The number of rotatable bonds is 5. The van der Waals surface area contributed by atoms with Gasteiger partial charge < -0.3 is 69.6 Å². The molecule has 3 rings (SSSR count). The van der Waals surface area contributed by atoms with E-state index in [1.54, 1.807) is 0 Å². The lowest BCUT2D eigenvalue weighted by molar-refractivity contribution is -0.375. The Kier molecular flexibility index (Phi) is 8.21. The minimum atomic E-state index is -1.78. The maximum Gasteiger partial charge on any atom is 0.187 e. The Balaban J connectivity index is 1.72. The van der Waals surface area contributed by atoms with Crippen LogP contribution in [0.1, 0.15) is 6.92 Å². The highest BCUT2D eigenvalue weighted by molar-refractivity contribution is 4.94. The Hall–Kier alpha value is -0.560. The zero-order valence-electron chi connectivity index (χ0n) is 16.6. The second-order valence-electron chi connectivity index (χ2n) is 7.87. The smallest absolute Gasteiger partial charge is 0.187 e. The molecule has 3 saturated heterocycles. The molecule has 0 aromatic rings. The van der Waals surface area contributed by atoms with E-state index in [4.69, 9.17) is 23.7 Å². The van der Waals surface area contributed by atoms with Crippen LogP contribution in [-0.4, -0.2) is 145 Å². The van der Waals surface area contributed by atoms with Crippen LogP contribution < -0.4 is 0 Å². The summed E-state index contributed by atoms with van der Waals surface area (Å²) in [6.45, 7) is 0.371. The highest BCUT2D eigenvalue weighted by Crippen LogP contribution is 2.31. The van der Waals surface area contributed by atoms with Crippen molar-refractivity contribution >= 4 is 0 Å². The third kappa shape index (κ3) is 5.02. The Morgan fingerprint density at radius 3 is 1.97 bits per heavy atom. The van der Waals surface area contributed by atoms with E-state index in [1.165, 1.54) is 6.92 Å². The van der Waals surface area contributed by atoms with Gasteiger partial charge in [-0.3, -0.25) is 0 Å². The fraction of sp³-hybridized carbons (Fsp3) is 1.00. The number of aliphatic hydroxyl groups excluding tert-OH is 9. The summed E-state index contributed by atoms with van der Waals surface area (Å²) in [6.07, 6.45) is -21.4. The van der Waals surface area contributed by atoms with Gasteiger partial charge in [-0.25, -0.2) is 0 Å². The van der Waals surface area contributed by atoms with Crippen molar-refractivity contribution in [3.8, 4) is 0 Å². The third-order valence-electron chi connectivity index (χ3n) is 5.66. The normalized spacial score (nSPS) is 54.0. The molecule has 3 fully saturated rings. The van der Waals surface area contributed by atoms with Crippen LogP contribution in [0.4, 0.5) is 0 Å². The molecule has 14 heteroatoms. The first-order chi connectivity index (χ1) is 14.6. The molecule has 3 aliphatic rings. The summed E-state index contributed by atoms with van der Waals surface area (Å²) < 4.78 is 26.4. The first kappa shape index (κ1) is 25.1. The van der Waals surface area contributed by atoms with Gasteiger partial charge in [-0.15, -0.1) is 0 Å². The molecule has 0 aromatic carbocycles. The number of hydrogen-bond acceptors (Lipinski definition) is 14.